The number of hydrogen-bond acceptors (Lipinski definition) is 4. The Morgan fingerprint density at radius 3 is 3.11 bits per heavy atom. The molecule has 6 nitrogen and oxygen atoms in total. The molecule has 0 aliphatic heterocycles. The standard InChI is InChI=1S/C12H16N2O4/c13-8(6-11(15)16)12(17)14-9-2-1-3-10-7(9)4-5-18-10/h4-5,8-9H,1-3,6,13H2,(H,14,17)(H,15,16). The van der Waals surface area contributed by atoms with Crippen LogP contribution in [-0.4, -0.2) is 23.0 Å². The summed E-state index contributed by atoms with van der Waals surface area (Å²) >= 11 is 0. The van der Waals surface area contributed by atoms with E-state index in [0.717, 1.165) is 30.6 Å². The van der Waals surface area contributed by atoms with E-state index in [0.29, 0.717) is 0 Å². The van der Waals surface area contributed by atoms with Crippen molar-refractivity contribution < 1.29 is 19.1 Å². The summed E-state index contributed by atoms with van der Waals surface area (Å²) < 4.78 is 5.32. The Morgan fingerprint density at radius 2 is 2.39 bits per heavy atom. The topological polar surface area (TPSA) is 106 Å². The van der Waals surface area contributed by atoms with Crippen molar-refractivity contribution in [1.82, 2.24) is 5.32 Å². The number of carbonyl (C=O) groups is 2. The molecule has 1 aliphatic rings. The van der Waals surface area contributed by atoms with E-state index in [1.807, 2.05) is 6.07 Å². The third-order valence-corrected chi connectivity index (χ3v) is 3.10. The molecule has 1 aromatic heterocycles. The molecular formula is C12H16N2O4. The second kappa shape index (κ2) is 5.22. The van der Waals surface area contributed by atoms with Crippen LogP contribution in [0.2, 0.25) is 0 Å². The monoisotopic (exact) mass is 252 g/mol. The number of furan rings is 1. The summed E-state index contributed by atoms with van der Waals surface area (Å²) in [4.78, 5) is 22.2. The van der Waals surface area contributed by atoms with Gasteiger partial charge in [0.25, 0.3) is 0 Å². The summed E-state index contributed by atoms with van der Waals surface area (Å²) in [5.74, 6) is -0.625. The molecular weight excluding hydrogens is 236 g/mol. The number of carboxylic acids is 1. The third kappa shape index (κ3) is 2.70. The highest BCUT2D eigenvalue weighted by Crippen LogP contribution is 2.30. The first-order chi connectivity index (χ1) is 8.58. The maximum atomic E-state index is 11.7. The summed E-state index contributed by atoms with van der Waals surface area (Å²) in [5, 5.41) is 11.4. The van der Waals surface area contributed by atoms with Crippen LogP contribution in [0.3, 0.4) is 0 Å². The highest BCUT2D eigenvalue weighted by Gasteiger charge is 2.26. The van der Waals surface area contributed by atoms with Crippen molar-refractivity contribution in [3.05, 3.63) is 23.7 Å². The molecule has 0 spiro atoms. The molecule has 2 unspecified atom stereocenters. The van der Waals surface area contributed by atoms with Crippen LogP contribution in [0.15, 0.2) is 16.7 Å². The molecule has 1 aliphatic carbocycles. The zero-order valence-corrected chi connectivity index (χ0v) is 9.89. The molecule has 6 heteroatoms. The lowest BCUT2D eigenvalue weighted by Crippen LogP contribution is -2.43. The zero-order chi connectivity index (χ0) is 13.1. The van der Waals surface area contributed by atoms with E-state index in [4.69, 9.17) is 15.3 Å². The van der Waals surface area contributed by atoms with Crippen LogP contribution in [0, 0.1) is 0 Å². The molecule has 0 fully saturated rings. The normalized spacial score (nSPS) is 19.9. The number of aryl methyl sites for hydroxylation is 1. The Labute approximate surface area is 104 Å². The van der Waals surface area contributed by atoms with E-state index in [2.05, 4.69) is 5.32 Å². The summed E-state index contributed by atoms with van der Waals surface area (Å²) in [6.45, 7) is 0. The molecule has 18 heavy (non-hydrogen) atoms. The van der Waals surface area contributed by atoms with Gasteiger partial charge in [0.2, 0.25) is 5.91 Å². The van der Waals surface area contributed by atoms with Gasteiger partial charge in [0.15, 0.2) is 0 Å². The fourth-order valence-electron chi connectivity index (χ4n) is 2.20. The maximum absolute atomic E-state index is 11.7. The zero-order valence-electron chi connectivity index (χ0n) is 9.89. The smallest absolute Gasteiger partial charge is 0.305 e. The van der Waals surface area contributed by atoms with Gasteiger partial charge in [-0.25, -0.2) is 0 Å². The van der Waals surface area contributed by atoms with E-state index < -0.39 is 17.9 Å². The number of fused-ring (bicyclic) bond motifs is 1. The minimum Gasteiger partial charge on any atom is -0.481 e. The lowest BCUT2D eigenvalue weighted by Gasteiger charge is -2.24. The van der Waals surface area contributed by atoms with E-state index in [1.54, 1.807) is 6.26 Å². The first kappa shape index (κ1) is 12.6. The first-order valence-corrected chi connectivity index (χ1v) is 5.92. The van der Waals surface area contributed by atoms with Crippen molar-refractivity contribution in [1.29, 1.82) is 0 Å². The van der Waals surface area contributed by atoms with Crippen LogP contribution >= 0.6 is 0 Å². The Kier molecular flexibility index (Phi) is 3.66. The molecule has 0 radical (unpaired) electrons. The van der Waals surface area contributed by atoms with Crippen LogP contribution in [0.1, 0.15) is 36.6 Å². The van der Waals surface area contributed by atoms with E-state index in [1.165, 1.54) is 0 Å². The predicted octanol–water partition coefficient (Wildman–Crippen LogP) is 0.575. The second-order valence-corrected chi connectivity index (χ2v) is 4.46. The number of nitrogens with one attached hydrogen (secondary N) is 1. The Bertz CT molecular complexity index is 455. The Hall–Kier alpha value is -1.82. The highest BCUT2D eigenvalue weighted by atomic mass is 16.4. The second-order valence-electron chi connectivity index (χ2n) is 4.46. The van der Waals surface area contributed by atoms with Gasteiger partial charge in [-0.1, -0.05) is 0 Å². The molecule has 1 aromatic rings. The molecule has 0 aromatic carbocycles. The SMILES string of the molecule is NC(CC(=O)O)C(=O)NC1CCCc2occc21. The van der Waals surface area contributed by atoms with Gasteiger partial charge in [-0.05, 0) is 18.9 Å². The number of nitrogens with two attached hydrogens (primary N) is 1. The van der Waals surface area contributed by atoms with E-state index >= 15 is 0 Å². The van der Waals surface area contributed by atoms with Crippen molar-refractivity contribution in [2.24, 2.45) is 5.73 Å². The van der Waals surface area contributed by atoms with Crippen molar-refractivity contribution >= 4 is 11.9 Å². The van der Waals surface area contributed by atoms with Gasteiger partial charge in [0.05, 0.1) is 24.8 Å². The molecule has 0 saturated heterocycles. The van der Waals surface area contributed by atoms with E-state index in [9.17, 15) is 9.59 Å². The van der Waals surface area contributed by atoms with E-state index in [-0.39, 0.29) is 12.5 Å². The molecule has 0 bridgehead atoms. The molecule has 1 amide bonds. The molecule has 98 valence electrons. The predicted molar refractivity (Wildman–Crippen MR) is 62.8 cm³/mol. The van der Waals surface area contributed by atoms with Crippen molar-refractivity contribution in [2.45, 2.75) is 37.8 Å². The number of rotatable bonds is 4. The maximum Gasteiger partial charge on any atom is 0.305 e. The number of hydrogen-bond donors (Lipinski definition) is 3. The summed E-state index contributed by atoms with van der Waals surface area (Å²) in [5.41, 5.74) is 6.48. The summed E-state index contributed by atoms with van der Waals surface area (Å²) in [7, 11) is 0. The molecule has 2 rings (SSSR count). The lowest BCUT2D eigenvalue weighted by molar-refractivity contribution is -0.139. The van der Waals surface area contributed by atoms with Gasteiger partial charge in [0, 0.05) is 12.0 Å². The molecule has 1 heterocycles. The van der Waals surface area contributed by atoms with Crippen LogP contribution < -0.4 is 11.1 Å². The van der Waals surface area contributed by atoms with Gasteiger partial charge >= 0.3 is 5.97 Å². The van der Waals surface area contributed by atoms with Gasteiger partial charge in [-0.3, -0.25) is 9.59 Å². The minimum atomic E-state index is -1.08. The molecule has 2 atom stereocenters. The van der Waals surface area contributed by atoms with Crippen LogP contribution in [0.25, 0.3) is 0 Å². The van der Waals surface area contributed by atoms with Crippen molar-refractivity contribution in [3.63, 3.8) is 0 Å². The quantitative estimate of drug-likeness (QED) is 0.726. The average molecular weight is 252 g/mol. The fourth-order valence-corrected chi connectivity index (χ4v) is 2.20. The minimum absolute atomic E-state index is 0.125. The number of amides is 1. The highest BCUT2D eigenvalue weighted by molar-refractivity contribution is 5.86. The summed E-state index contributed by atoms with van der Waals surface area (Å²) in [6.07, 6.45) is 3.86. The number of carboxylic acid groups (broad SMARTS) is 1. The number of aliphatic carboxylic acids is 1. The lowest BCUT2D eigenvalue weighted by atomic mass is 9.93. The summed E-state index contributed by atoms with van der Waals surface area (Å²) in [6, 6.07) is 0.696. The Morgan fingerprint density at radius 1 is 1.61 bits per heavy atom. The average Bonchev–Trinajstić information content (AvgIpc) is 2.77. The van der Waals surface area contributed by atoms with Crippen LogP contribution in [0.5, 0.6) is 0 Å². The van der Waals surface area contributed by atoms with Crippen molar-refractivity contribution in [2.75, 3.05) is 0 Å². The first-order valence-electron chi connectivity index (χ1n) is 5.92. The van der Waals surface area contributed by atoms with Gasteiger partial charge in [-0.15, -0.1) is 0 Å². The molecule has 4 N–H and O–H groups in total. The number of carbonyl (C=O) groups excluding carboxylic acids is 1. The fraction of sp³-hybridized carbons (Fsp3) is 0.500. The molecule has 0 saturated carbocycles. The van der Waals surface area contributed by atoms with Crippen molar-refractivity contribution in [3.8, 4) is 0 Å². The van der Waals surface area contributed by atoms with Gasteiger partial charge in [0.1, 0.15) is 5.76 Å². The van der Waals surface area contributed by atoms with Crippen LogP contribution in [0.4, 0.5) is 0 Å². The largest absolute Gasteiger partial charge is 0.481 e. The van der Waals surface area contributed by atoms with Crippen LogP contribution in [-0.2, 0) is 16.0 Å². The third-order valence-electron chi connectivity index (χ3n) is 3.10. The Balaban J connectivity index is 1.99. The van der Waals surface area contributed by atoms with Gasteiger partial charge in [-0.2, -0.15) is 0 Å². The van der Waals surface area contributed by atoms with Gasteiger partial charge < -0.3 is 20.6 Å².